The van der Waals surface area contributed by atoms with Crippen molar-refractivity contribution in [1.82, 2.24) is 15.2 Å². The molecule has 0 aliphatic rings. The maximum Gasteiger partial charge on any atom is 0.340 e. The Morgan fingerprint density at radius 2 is 1.92 bits per heavy atom. The van der Waals surface area contributed by atoms with E-state index in [1.807, 2.05) is 31.2 Å². The molecule has 0 unspecified atom stereocenters. The Labute approximate surface area is 153 Å². The van der Waals surface area contributed by atoms with Crippen molar-refractivity contribution in [3.05, 3.63) is 63.7 Å². The average molecular weight is 378 g/mol. The third-order valence-corrected chi connectivity index (χ3v) is 4.09. The fraction of sp³-hybridized carbons (Fsp3) is 0.176. The smallest absolute Gasteiger partial charge is 0.340 e. The number of esters is 1. The van der Waals surface area contributed by atoms with E-state index in [1.54, 1.807) is 6.92 Å². The van der Waals surface area contributed by atoms with Crippen LogP contribution in [-0.4, -0.2) is 21.2 Å². The number of carbonyl (C=O) groups is 1. The fourth-order valence-corrected chi connectivity index (χ4v) is 2.29. The van der Waals surface area contributed by atoms with Crippen LogP contribution in [0.3, 0.4) is 0 Å². The maximum atomic E-state index is 12.2. The zero-order chi connectivity index (χ0) is 18.0. The third kappa shape index (κ3) is 3.97. The minimum Gasteiger partial charge on any atom is -0.449 e. The number of aryl methyl sites for hydroxylation is 1. The first-order valence-electron chi connectivity index (χ1n) is 7.36. The summed E-state index contributed by atoms with van der Waals surface area (Å²) in [5, 5.41) is 8.21. The van der Waals surface area contributed by atoms with Crippen molar-refractivity contribution in [2.75, 3.05) is 0 Å². The Balaban J connectivity index is 1.73. The molecule has 3 aromatic rings. The van der Waals surface area contributed by atoms with Crippen molar-refractivity contribution in [1.29, 1.82) is 0 Å². The van der Waals surface area contributed by atoms with Crippen molar-refractivity contribution in [2.24, 2.45) is 0 Å². The largest absolute Gasteiger partial charge is 0.449 e. The predicted molar refractivity (Wildman–Crippen MR) is 92.6 cm³/mol. The van der Waals surface area contributed by atoms with Crippen LogP contribution < -0.4 is 0 Å². The van der Waals surface area contributed by atoms with Gasteiger partial charge < -0.3 is 9.15 Å². The van der Waals surface area contributed by atoms with Crippen LogP contribution in [0.5, 0.6) is 0 Å². The average Bonchev–Trinajstić information content (AvgIpc) is 3.08. The van der Waals surface area contributed by atoms with E-state index < -0.39 is 12.1 Å². The first-order valence-corrected chi connectivity index (χ1v) is 8.12. The van der Waals surface area contributed by atoms with Gasteiger partial charge in [-0.25, -0.2) is 9.78 Å². The summed E-state index contributed by atoms with van der Waals surface area (Å²) >= 11 is 11.6. The lowest BCUT2D eigenvalue weighted by Crippen LogP contribution is -2.10. The summed E-state index contributed by atoms with van der Waals surface area (Å²) in [6.07, 6.45) is 0.558. The van der Waals surface area contributed by atoms with Gasteiger partial charge in [0.1, 0.15) is 5.15 Å². The number of halogens is 2. The van der Waals surface area contributed by atoms with E-state index in [1.165, 1.54) is 12.3 Å². The zero-order valence-corrected chi connectivity index (χ0v) is 14.9. The van der Waals surface area contributed by atoms with Crippen LogP contribution in [0.1, 0.15) is 34.8 Å². The van der Waals surface area contributed by atoms with Gasteiger partial charge in [-0.15, -0.1) is 10.2 Å². The van der Waals surface area contributed by atoms with E-state index in [0.717, 1.165) is 11.1 Å². The highest BCUT2D eigenvalue weighted by Gasteiger charge is 2.20. The summed E-state index contributed by atoms with van der Waals surface area (Å²) in [6.45, 7) is 3.62. The van der Waals surface area contributed by atoms with Crippen LogP contribution in [0.15, 0.2) is 40.9 Å². The van der Waals surface area contributed by atoms with Gasteiger partial charge in [-0.1, -0.05) is 40.9 Å². The molecule has 2 aromatic heterocycles. The molecule has 0 bridgehead atoms. The second-order valence-corrected chi connectivity index (χ2v) is 6.12. The second kappa shape index (κ2) is 7.21. The maximum absolute atomic E-state index is 12.2. The van der Waals surface area contributed by atoms with E-state index in [9.17, 15) is 4.79 Å². The number of aromatic nitrogens is 3. The molecule has 25 heavy (non-hydrogen) atoms. The van der Waals surface area contributed by atoms with Crippen LogP contribution in [0.2, 0.25) is 10.2 Å². The molecule has 3 rings (SSSR count). The van der Waals surface area contributed by atoms with Gasteiger partial charge in [-0.3, -0.25) is 0 Å². The van der Waals surface area contributed by atoms with Crippen LogP contribution in [-0.2, 0) is 4.74 Å². The molecule has 1 atom stereocenters. The van der Waals surface area contributed by atoms with Crippen molar-refractivity contribution in [3.63, 3.8) is 0 Å². The van der Waals surface area contributed by atoms with Crippen LogP contribution >= 0.6 is 23.2 Å². The van der Waals surface area contributed by atoms with Gasteiger partial charge in [0.15, 0.2) is 6.10 Å². The number of benzene rings is 1. The highest BCUT2D eigenvalue weighted by Crippen LogP contribution is 2.24. The zero-order valence-electron chi connectivity index (χ0n) is 13.4. The van der Waals surface area contributed by atoms with Gasteiger partial charge >= 0.3 is 5.97 Å². The summed E-state index contributed by atoms with van der Waals surface area (Å²) in [6, 6.07) is 9.03. The lowest BCUT2D eigenvalue weighted by molar-refractivity contribution is 0.0279. The van der Waals surface area contributed by atoms with E-state index >= 15 is 0 Å². The van der Waals surface area contributed by atoms with Crippen molar-refractivity contribution in [3.8, 4) is 11.5 Å². The SMILES string of the molecule is Cc1ccc(-c2nnc([C@@H](C)OC(=O)c3cnc(Cl)c(Cl)c3)o2)cc1. The van der Waals surface area contributed by atoms with Crippen LogP contribution in [0.4, 0.5) is 0 Å². The lowest BCUT2D eigenvalue weighted by Gasteiger charge is -2.09. The first-order chi connectivity index (χ1) is 11.9. The summed E-state index contributed by atoms with van der Waals surface area (Å²) in [4.78, 5) is 16.0. The third-order valence-electron chi connectivity index (χ3n) is 3.40. The molecular weight excluding hydrogens is 365 g/mol. The number of hydrogen-bond acceptors (Lipinski definition) is 6. The normalized spacial score (nSPS) is 12.0. The molecule has 8 heteroatoms. The van der Waals surface area contributed by atoms with Gasteiger partial charge in [-0.2, -0.15) is 0 Å². The second-order valence-electron chi connectivity index (χ2n) is 5.36. The fourth-order valence-electron chi connectivity index (χ4n) is 2.02. The van der Waals surface area contributed by atoms with Gasteiger partial charge in [0.25, 0.3) is 5.89 Å². The number of rotatable bonds is 4. The molecule has 0 aliphatic carbocycles. The molecule has 0 amide bonds. The van der Waals surface area contributed by atoms with Crippen molar-refractivity contribution in [2.45, 2.75) is 20.0 Å². The number of hydrogen-bond donors (Lipinski definition) is 0. The molecule has 1 aromatic carbocycles. The van der Waals surface area contributed by atoms with Crippen molar-refractivity contribution < 1.29 is 13.9 Å². The Bertz CT molecular complexity index is 910. The molecule has 0 fully saturated rings. The molecule has 0 spiro atoms. The predicted octanol–water partition coefficient (Wildman–Crippen LogP) is 4.66. The lowest BCUT2D eigenvalue weighted by atomic mass is 10.1. The first kappa shape index (κ1) is 17.4. The number of ether oxygens (including phenoxy) is 1. The summed E-state index contributed by atoms with van der Waals surface area (Å²) in [5.41, 5.74) is 2.09. The van der Waals surface area contributed by atoms with Gasteiger partial charge in [-0.05, 0) is 32.0 Å². The topological polar surface area (TPSA) is 78.1 Å². The molecular formula is C17H13Cl2N3O3. The summed E-state index contributed by atoms with van der Waals surface area (Å²) in [7, 11) is 0. The van der Waals surface area contributed by atoms with Gasteiger partial charge in [0.05, 0.1) is 10.6 Å². The molecule has 0 N–H and O–H groups in total. The Kier molecular flexibility index (Phi) is 5.01. The number of carbonyl (C=O) groups excluding carboxylic acids is 1. The molecule has 2 heterocycles. The Morgan fingerprint density at radius 3 is 2.60 bits per heavy atom. The van der Waals surface area contributed by atoms with Crippen molar-refractivity contribution >= 4 is 29.2 Å². The number of pyridine rings is 1. The Hall–Kier alpha value is -2.44. The summed E-state index contributed by atoms with van der Waals surface area (Å²) in [5.74, 6) is -0.0697. The van der Waals surface area contributed by atoms with E-state index in [2.05, 4.69) is 15.2 Å². The monoisotopic (exact) mass is 377 g/mol. The highest BCUT2D eigenvalue weighted by atomic mass is 35.5. The highest BCUT2D eigenvalue weighted by molar-refractivity contribution is 6.41. The molecule has 0 saturated heterocycles. The minimum atomic E-state index is -0.728. The van der Waals surface area contributed by atoms with Gasteiger partial charge in [0.2, 0.25) is 5.89 Å². The molecule has 0 aliphatic heterocycles. The number of nitrogens with zero attached hydrogens (tertiary/aromatic N) is 3. The van der Waals surface area contributed by atoms with Crippen LogP contribution in [0, 0.1) is 6.92 Å². The summed E-state index contributed by atoms with van der Waals surface area (Å²) < 4.78 is 10.9. The Morgan fingerprint density at radius 1 is 1.20 bits per heavy atom. The standard InChI is InChI=1S/C17H13Cl2N3O3/c1-9-3-5-11(6-4-9)16-22-21-15(25-16)10(2)24-17(23)12-7-13(18)14(19)20-8-12/h3-8,10H,1-2H3/t10-/m1/s1. The molecule has 6 nitrogen and oxygen atoms in total. The quantitative estimate of drug-likeness (QED) is 0.485. The van der Waals surface area contributed by atoms with E-state index in [-0.39, 0.29) is 21.6 Å². The van der Waals surface area contributed by atoms with Gasteiger partial charge in [0, 0.05) is 11.8 Å². The molecule has 0 radical (unpaired) electrons. The van der Waals surface area contributed by atoms with Crippen LogP contribution in [0.25, 0.3) is 11.5 Å². The van der Waals surface area contributed by atoms with E-state index in [4.69, 9.17) is 32.4 Å². The molecule has 0 saturated carbocycles. The molecule has 128 valence electrons. The minimum absolute atomic E-state index is 0.117. The van der Waals surface area contributed by atoms with E-state index in [0.29, 0.717) is 5.89 Å².